The Labute approximate surface area is 166 Å². The average Bonchev–Trinajstić information content (AvgIpc) is 2.96. The summed E-state index contributed by atoms with van der Waals surface area (Å²) in [5.41, 5.74) is -0.183. The normalized spacial score (nSPS) is 18.3. The van der Waals surface area contributed by atoms with Gasteiger partial charge in [-0.25, -0.2) is 4.39 Å². The predicted octanol–water partition coefficient (Wildman–Crippen LogP) is 3.96. The maximum Gasteiger partial charge on any atom is 0.295 e. The number of nitrogens with zero attached hydrogens (tertiary/aromatic N) is 2. The largest absolute Gasteiger partial charge is 0.507 e. The molecule has 0 aliphatic carbocycles. The van der Waals surface area contributed by atoms with E-state index < -0.39 is 34.2 Å². The minimum atomic E-state index is -1.07. The predicted molar refractivity (Wildman–Crippen MR) is 103 cm³/mol. The molecule has 8 heteroatoms. The third kappa shape index (κ3) is 3.73. The first-order chi connectivity index (χ1) is 13.9. The Bertz CT molecular complexity index is 1000. The molecule has 1 atom stereocenters. The molecular weight excluding hydrogens is 379 g/mol. The number of Topliss-reactive ketones (excluding diaryl/α,β-unsaturated/α-hetero) is 1. The third-order valence-electron chi connectivity index (χ3n) is 4.84. The molecule has 2 aromatic rings. The smallest absolute Gasteiger partial charge is 0.295 e. The van der Waals surface area contributed by atoms with Gasteiger partial charge in [0, 0.05) is 29.8 Å². The fourth-order valence-electron chi connectivity index (χ4n) is 3.36. The van der Waals surface area contributed by atoms with Gasteiger partial charge in [0.25, 0.3) is 17.4 Å². The highest BCUT2D eigenvalue weighted by Gasteiger charge is 2.46. The van der Waals surface area contributed by atoms with E-state index in [1.807, 2.05) is 6.92 Å². The van der Waals surface area contributed by atoms with E-state index in [1.54, 1.807) is 6.07 Å². The van der Waals surface area contributed by atoms with E-state index in [4.69, 9.17) is 0 Å². The van der Waals surface area contributed by atoms with Gasteiger partial charge in [0.2, 0.25) is 0 Å². The van der Waals surface area contributed by atoms with Gasteiger partial charge in [-0.15, -0.1) is 0 Å². The maximum absolute atomic E-state index is 14.5. The molecule has 0 spiro atoms. The highest BCUT2D eigenvalue weighted by atomic mass is 19.1. The average molecular weight is 398 g/mol. The van der Waals surface area contributed by atoms with E-state index in [0.29, 0.717) is 6.42 Å². The van der Waals surface area contributed by atoms with Crippen LogP contribution in [0.5, 0.6) is 0 Å². The lowest BCUT2D eigenvalue weighted by molar-refractivity contribution is -0.384. The lowest BCUT2D eigenvalue weighted by Crippen LogP contribution is -2.31. The number of hydrogen-bond acceptors (Lipinski definition) is 5. The number of carbonyl (C=O) groups excluding carboxylic acids is 2. The number of ketones is 1. The molecule has 1 aliphatic heterocycles. The van der Waals surface area contributed by atoms with Gasteiger partial charge in [-0.1, -0.05) is 31.5 Å². The number of nitro benzene ring substituents is 1. The summed E-state index contributed by atoms with van der Waals surface area (Å²) in [6.45, 7) is 2.16. The number of rotatable bonds is 6. The summed E-state index contributed by atoms with van der Waals surface area (Å²) < 4.78 is 14.5. The minimum Gasteiger partial charge on any atom is -0.507 e. The molecule has 0 bridgehead atoms. The highest BCUT2D eigenvalue weighted by molar-refractivity contribution is 6.46. The number of benzene rings is 2. The second-order valence-electron chi connectivity index (χ2n) is 6.67. The fraction of sp³-hybridized carbons (Fsp3) is 0.238. The van der Waals surface area contributed by atoms with Crippen molar-refractivity contribution < 1.29 is 24.0 Å². The molecular formula is C21H19FN2O5. The molecule has 0 saturated carbocycles. The van der Waals surface area contributed by atoms with Crippen LogP contribution in [0.4, 0.5) is 10.1 Å². The number of unbranched alkanes of at least 4 members (excludes halogenated alkanes) is 1. The van der Waals surface area contributed by atoms with E-state index >= 15 is 0 Å². The molecule has 1 heterocycles. The quantitative estimate of drug-likeness (QED) is 0.261. The number of amides is 1. The molecule has 1 amide bonds. The van der Waals surface area contributed by atoms with Crippen LogP contribution in [0.25, 0.3) is 5.76 Å². The number of halogens is 1. The summed E-state index contributed by atoms with van der Waals surface area (Å²) in [5.74, 6) is -2.82. The number of nitro groups is 1. The van der Waals surface area contributed by atoms with Crippen LogP contribution < -0.4 is 0 Å². The zero-order valence-electron chi connectivity index (χ0n) is 15.7. The fourth-order valence-corrected chi connectivity index (χ4v) is 3.36. The monoisotopic (exact) mass is 398 g/mol. The number of likely N-dealkylation sites (tertiary alicyclic amines) is 1. The van der Waals surface area contributed by atoms with Gasteiger partial charge in [0.05, 0.1) is 16.5 Å². The molecule has 2 aromatic carbocycles. The molecule has 1 N–H and O–H groups in total. The van der Waals surface area contributed by atoms with Crippen molar-refractivity contribution in [3.05, 3.63) is 81.2 Å². The van der Waals surface area contributed by atoms with Gasteiger partial charge >= 0.3 is 0 Å². The lowest BCUT2D eigenvalue weighted by Gasteiger charge is -2.25. The summed E-state index contributed by atoms with van der Waals surface area (Å²) >= 11 is 0. The van der Waals surface area contributed by atoms with Crippen LogP contribution in [-0.4, -0.2) is 33.2 Å². The highest BCUT2D eigenvalue weighted by Crippen LogP contribution is 2.40. The van der Waals surface area contributed by atoms with E-state index in [2.05, 4.69) is 0 Å². The second kappa shape index (κ2) is 8.22. The summed E-state index contributed by atoms with van der Waals surface area (Å²) in [7, 11) is 0. The minimum absolute atomic E-state index is 0.103. The van der Waals surface area contributed by atoms with Crippen molar-refractivity contribution in [3.63, 3.8) is 0 Å². The molecule has 3 rings (SSSR count). The van der Waals surface area contributed by atoms with Crippen LogP contribution >= 0.6 is 0 Å². The van der Waals surface area contributed by atoms with Crippen molar-refractivity contribution in [3.8, 4) is 0 Å². The van der Waals surface area contributed by atoms with E-state index in [1.165, 1.54) is 47.4 Å². The summed E-state index contributed by atoms with van der Waals surface area (Å²) in [5, 5.41) is 21.6. The number of hydrogen-bond donors (Lipinski definition) is 1. The molecule has 0 radical (unpaired) electrons. The van der Waals surface area contributed by atoms with Crippen LogP contribution in [0, 0.1) is 15.9 Å². The molecule has 29 heavy (non-hydrogen) atoms. The first-order valence-corrected chi connectivity index (χ1v) is 9.14. The zero-order valence-corrected chi connectivity index (χ0v) is 15.7. The van der Waals surface area contributed by atoms with Gasteiger partial charge in [-0.3, -0.25) is 19.7 Å². The Hall–Kier alpha value is -3.55. The van der Waals surface area contributed by atoms with Gasteiger partial charge in [-0.2, -0.15) is 0 Å². The van der Waals surface area contributed by atoms with Gasteiger partial charge < -0.3 is 10.0 Å². The third-order valence-corrected chi connectivity index (χ3v) is 4.84. The lowest BCUT2D eigenvalue weighted by atomic mass is 9.95. The second-order valence-corrected chi connectivity index (χ2v) is 6.67. The Morgan fingerprint density at radius 3 is 2.41 bits per heavy atom. The molecule has 0 unspecified atom stereocenters. The Kier molecular flexibility index (Phi) is 5.72. The summed E-state index contributed by atoms with van der Waals surface area (Å²) in [4.78, 5) is 36.8. The van der Waals surface area contributed by atoms with Crippen LogP contribution in [0.15, 0.2) is 54.1 Å². The number of aliphatic hydroxyl groups is 1. The molecule has 150 valence electrons. The molecule has 7 nitrogen and oxygen atoms in total. The van der Waals surface area contributed by atoms with Gasteiger partial charge in [-0.05, 0) is 24.6 Å². The first-order valence-electron chi connectivity index (χ1n) is 9.14. The molecule has 1 saturated heterocycles. The number of carbonyl (C=O) groups is 2. The van der Waals surface area contributed by atoms with Crippen molar-refractivity contribution >= 4 is 23.1 Å². The Morgan fingerprint density at radius 1 is 1.17 bits per heavy atom. The Morgan fingerprint density at radius 2 is 1.83 bits per heavy atom. The standard InChI is InChI=1S/C21H19FN2O5/c1-2-3-12-23-18(15-6-4-5-7-16(15)22)17(20(26)21(23)27)19(25)13-8-10-14(11-9-13)24(28)29/h4-11,18,25H,2-3,12H2,1H3/b19-17+/t18-/m1/s1. The Balaban J connectivity index is 2.16. The molecule has 0 aromatic heterocycles. The topological polar surface area (TPSA) is 101 Å². The summed E-state index contributed by atoms with van der Waals surface area (Å²) in [6, 6.07) is 9.63. The number of aliphatic hydroxyl groups excluding tert-OH is 1. The van der Waals surface area contributed by atoms with Crippen LogP contribution in [-0.2, 0) is 9.59 Å². The van der Waals surface area contributed by atoms with Crippen molar-refractivity contribution in [1.29, 1.82) is 0 Å². The van der Waals surface area contributed by atoms with Crippen LogP contribution in [0.2, 0.25) is 0 Å². The van der Waals surface area contributed by atoms with E-state index in [0.717, 1.165) is 6.42 Å². The summed E-state index contributed by atoms with van der Waals surface area (Å²) in [6.07, 6.45) is 1.37. The van der Waals surface area contributed by atoms with Gasteiger partial charge in [0.15, 0.2) is 0 Å². The van der Waals surface area contributed by atoms with Crippen molar-refractivity contribution in [1.82, 2.24) is 4.90 Å². The van der Waals surface area contributed by atoms with Crippen molar-refractivity contribution in [2.45, 2.75) is 25.8 Å². The van der Waals surface area contributed by atoms with Crippen LogP contribution in [0.3, 0.4) is 0 Å². The van der Waals surface area contributed by atoms with Gasteiger partial charge in [0.1, 0.15) is 11.6 Å². The molecule has 1 fully saturated rings. The maximum atomic E-state index is 14.5. The van der Waals surface area contributed by atoms with E-state index in [-0.39, 0.29) is 28.9 Å². The number of non-ortho nitro benzene ring substituents is 1. The SMILES string of the molecule is CCCCN1C(=O)C(=O)/C(=C(/O)c2ccc([N+](=O)[O-])cc2)[C@H]1c1ccccc1F. The first kappa shape index (κ1) is 20.2. The van der Waals surface area contributed by atoms with Crippen molar-refractivity contribution in [2.24, 2.45) is 0 Å². The van der Waals surface area contributed by atoms with E-state index in [9.17, 15) is 29.2 Å². The zero-order chi connectivity index (χ0) is 21.1. The van der Waals surface area contributed by atoms with Crippen LogP contribution in [0.1, 0.15) is 36.9 Å². The van der Waals surface area contributed by atoms with Crippen molar-refractivity contribution in [2.75, 3.05) is 6.54 Å². The molecule has 1 aliphatic rings.